The van der Waals surface area contributed by atoms with Gasteiger partial charge in [-0.1, -0.05) is 6.07 Å². The van der Waals surface area contributed by atoms with E-state index in [2.05, 4.69) is 0 Å². The molecule has 1 rings (SSSR count). The lowest BCUT2D eigenvalue weighted by Gasteiger charge is -2.18. The number of hydrogen-bond donors (Lipinski definition) is 1. The van der Waals surface area contributed by atoms with Gasteiger partial charge in [0.15, 0.2) is 0 Å². The minimum atomic E-state index is -0.951. The monoisotopic (exact) mass is 267 g/mol. The van der Waals surface area contributed by atoms with Crippen LogP contribution in [0.3, 0.4) is 0 Å². The first-order chi connectivity index (χ1) is 8.58. The number of aromatic carboxylic acids is 1. The van der Waals surface area contributed by atoms with E-state index in [-0.39, 0.29) is 11.5 Å². The van der Waals surface area contributed by atoms with Crippen LogP contribution in [0.1, 0.15) is 24.2 Å². The summed E-state index contributed by atoms with van der Waals surface area (Å²) in [6.45, 7) is 5.28. The first-order valence-corrected chi connectivity index (χ1v) is 6.81. The van der Waals surface area contributed by atoms with Gasteiger partial charge in [-0.15, -0.1) is 11.8 Å². The average molecular weight is 267 g/mol. The van der Waals surface area contributed by atoms with Crippen LogP contribution in [0.4, 0.5) is 0 Å². The van der Waals surface area contributed by atoms with E-state index in [0.29, 0.717) is 18.8 Å². The molecule has 0 heterocycles. The zero-order chi connectivity index (χ0) is 13.5. The second kappa shape index (κ2) is 7.06. The van der Waals surface area contributed by atoms with Crippen LogP contribution in [0.25, 0.3) is 0 Å². The molecule has 0 unspecified atom stereocenters. The topological polar surface area (TPSA) is 57.6 Å². The molecule has 1 N–H and O–H groups in total. The number of carboxylic acid groups (broad SMARTS) is 1. The predicted octanol–water partition coefficient (Wildman–Crippen LogP) is 2.35. The Bertz CT molecular complexity index is 430. The molecule has 1 aromatic rings. The molecule has 0 radical (unpaired) electrons. The van der Waals surface area contributed by atoms with E-state index < -0.39 is 5.97 Å². The van der Waals surface area contributed by atoms with Crippen molar-refractivity contribution in [2.75, 3.05) is 18.8 Å². The Morgan fingerprint density at radius 1 is 1.28 bits per heavy atom. The molecule has 0 aliphatic heterocycles. The summed E-state index contributed by atoms with van der Waals surface area (Å²) in [6, 6.07) is 6.63. The van der Waals surface area contributed by atoms with Crippen molar-refractivity contribution in [3.8, 4) is 0 Å². The summed E-state index contributed by atoms with van der Waals surface area (Å²) >= 11 is 1.36. The maximum Gasteiger partial charge on any atom is 0.335 e. The zero-order valence-electron chi connectivity index (χ0n) is 10.5. The van der Waals surface area contributed by atoms with Crippen LogP contribution in [-0.2, 0) is 4.79 Å². The summed E-state index contributed by atoms with van der Waals surface area (Å²) in [6.07, 6.45) is 0. The largest absolute Gasteiger partial charge is 0.478 e. The van der Waals surface area contributed by atoms with Crippen LogP contribution in [0.5, 0.6) is 0 Å². The standard InChI is InChI=1S/C13H17NO3S/c1-3-14(4-2)12(15)9-18-11-7-5-6-10(8-11)13(16)17/h5-8H,3-4,9H2,1-2H3,(H,16,17). The van der Waals surface area contributed by atoms with Gasteiger partial charge in [0.1, 0.15) is 0 Å². The number of rotatable bonds is 6. The van der Waals surface area contributed by atoms with E-state index >= 15 is 0 Å². The Morgan fingerprint density at radius 2 is 1.94 bits per heavy atom. The van der Waals surface area contributed by atoms with Crippen LogP contribution < -0.4 is 0 Å². The zero-order valence-corrected chi connectivity index (χ0v) is 11.4. The maximum atomic E-state index is 11.8. The van der Waals surface area contributed by atoms with Crippen molar-refractivity contribution >= 4 is 23.6 Å². The summed E-state index contributed by atoms with van der Waals surface area (Å²) in [5.41, 5.74) is 0.246. The number of benzene rings is 1. The molecule has 0 aliphatic rings. The lowest BCUT2D eigenvalue weighted by atomic mass is 10.2. The van der Waals surface area contributed by atoms with Gasteiger partial charge in [-0.25, -0.2) is 4.79 Å². The van der Waals surface area contributed by atoms with Gasteiger partial charge in [-0.2, -0.15) is 0 Å². The molecule has 98 valence electrons. The normalized spacial score (nSPS) is 10.1. The molecule has 0 saturated carbocycles. The van der Waals surface area contributed by atoms with Gasteiger partial charge in [0.25, 0.3) is 0 Å². The second-order valence-corrected chi connectivity index (χ2v) is 4.74. The number of nitrogens with zero attached hydrogens (tertiary/aromatic N) is 1. The summed E-state index contributed by atoms with van der Waals surface area (Å²) in [7, 11) is 0. The minimum absolute atomic E-state index is 0.0747. The van der Waals surface area contributed by atoms with E-state index in [1.807, 2.05) is 19.9 Å². The molecule has 0 aliphatic carbocycles. The average Bonchev–Trinajstić information content (AvgIpc) is 2.38. The van der Waals surface area contributed by atoms with Crippen molar-refractivity contribution in [1.29, 1.82) is 0 Å². The SMILES string of the molecule is CCN(CC)C(=O)CSc1cccc(C(=O)O)c1. The Morgan fingerprint density at radius 3 is 2.50 bits per heavy atom. The van der Waals surface area contributed by atoms with Crippen molar-refractivity contribution < 1.29 is 14.7 Å². The third-order valence-corrected chi connectivity index (χ3v) is 3.54. The fourth-order valence-electron chi connectivity index (χ4n) is 1.53. The van der Waals surface area contributed by atoms with Gasteiger partial charge in [0, 0.05) is 18.0 Å². The first kappa shape index (κ1) is 14.6. The number of amides is 1. The third kappa shape index (κ3) is 4.07. The molecule has 1 aromatic carbocycles. The predicted molar refractivity (Wildman–Crippen MR) is 72.1 cm³/mol. The van der Waals surface area contributed by atoms with Crippen LogP contribution in [0.2, 0.25) is 0 Å². The Labute approximate surface area is 111 Å². The fraction of sp³-hybridized carbons (Fsp3) is 0.385. The maximum absolute atomic E-state index is 11.8. The molecular weight excluding hydrogens is 250 g/mol. The minimum Gasteiger partial charge on any atom is -0.478 e. The molecule has 0 aromatic heterocycles. The van der Waals surface area contributed by atoms with E-state index in [0.717, 1.165) is 4.90 Å². The summed E-state index contributed by atoms with van der Waals surface area (Å²) in [5, 5.41) is 8.87. The Hall–Kier alpha value is -1.49. The Kier molecular flexibility index (Phi) is 5.71. The van der Waals surface area contributed by atoms with E-state index in [1.165, 1.54) is 11.8 Å². The molecule has 5 heteroatoms. The quantitative estimate of drug-likeness (QED) is 0.804. The van der Waals surface area contributed by atoms with Crippen LogP contribution >= 0.6 is 11.8 Å². The third-order valence-electron chi connectivity index (χ3n) is 2.56. The molecular formula is C13H17NO3S. The highest BCUT2D eigenvalue weighted by molar-refractivity contribution is 8.00. The van der Waals surface area contributed by atoms with Crippen molar-refractivity contribution in [3.63, 3.8) is 0 Å². The van der Waals surface area contributed by atoms with Gasteiger partial charge in [-0.3, -0.25) is 4.79 Å². The van der Waals surface area contributed by atoms with Crippen LogP contribution in [0.15, 0.2) is 29.2 Å². The van der Waals surface area contributed by atoms with Crippen molar-refractivity contribution in [2.45, 2.75) is 18.7 Å². The highest BCUT2D eigenvalue weighted by atomic mass is 32.2. The van der Waals surface area contributed by atoms with Crippen LogP contribution in [0, 0.1) is 0 Å². The highest BCUT2D eigenvalue weighted by Crippen LogP contribution is 2.19. The molecule has 0 fully saturated rings. The number of thioether (sulfide) groups is 1. The molecule has 4 nitrogen and oxygen atoms in total. The summed E-state index contributed by atoms with van der Waals surface area (Å²) < 4.78 is 0. The Balaban J connectivity index is 2.61. The van der Waals surface area contributed by atoms with E-state index in [9.17, 15) is 9.59 Å². The highest BCUT2D eigenvalue weighted by Gasteiger charge is 2.10. The lowest BCUT2D eigenvalue weighted by Crippen LogP contribution is -2.31. The number of carbonyl (C=O) groups excluding carboxylic acids is 1. The smallest absolute Gasteiger partial charge is 0.335 e. The molecule has 1 amide bonds. The summed E-state index contributed by atoms with van der Waals surface area (Å²) in [5.74, 6) is -0.539. The fourth-order valence-corrected chi connectivity index (χ4v) is 2.39. The number of hydrogen-bond acceptors (Lipinski definition) is 3. The summed E-state index contributed by atoms with van der Waals surface area (Å²) in [4.78, 5) is 25.2. The van der Waals surface area contributed by atoms with E-state index in [4.69, 9.17) is 5.11 Å². The van der Waals surface area contributed by atoms with Gasteiger partial charge < -0.3 is 10.0 Å². The van der Waals surface area contributed by atoms with Crippen molar-refractivity contribution in [1.82, 2.24) is 4.90 Å². The van der Waals surface area contributed by atoms with E-state index in [1.54, 1.807) is 23.1 Å². The van der Waals surface area contributed by atoms with Crippen LogP contribution in [-0.4, -0.2) is 40.7 Å². The van der Waals surface area contributed by atoms with Gasteiger partial charge in [-0.05, 0) is 32.0 Å². The molecule has 0 spiro atoms. The van der Waals surface area contributed by atoms with Gasteiger partial charge in [0.2, 0.25) is 5.91 Å². The van der Waals surface area contributed by atoms with Gasteiger partial charge >= 0.3 is 5.97 Å². The first-order valence-electron chi connectivity index (χ1n) is 5.82. The van der Waals surface area contributed by atoms with Crippen molar-refractivity contribution in [2.24, 2.45) is 0 Å². The molecule has 0 bridgehead atoms. The molecule has 0 saturated heterocycles. The van der Waals surface area contributed by atoms with Crippen molar-refractivity contribution in [3.05, 3.63) is 29.8 Å². The number of carboxylic acids is 1. The molecule has 0 atom stereocenters. The lowest BCUT2D eigenvalue weighted by molar-refractivity contribution is -0.127. The number of carbonyl (C=O) groups is 2. The molecule has 18 heavy (non-hydrogen) atoms. The van der Waals surface area contributed by atoms with Gasteiger partial charge in [0.05, 0.1) is 11.3 Å². The second-order valence-electron chi connectivity index (χ2n) is 3.69.